The fraction of sp³-hybridized carbons (Fsp3) is 0.500. The Kier molecular flexibility index (Phi) is 5.78. The van der Waals surface area contributed by atoms with Gasteiger partial charge in [-0.3, -0.25) is 4.79 Å². The van der Waals surface area contributed by atoms with E-state index in [0.717, 1.165) is 37.3 Å². The molecule has 0 aliphatic carbocycles. The number of anilines is 1. The Morgan fingerprint density at radius 1 is 1.14 bits per heavy atom. The third-order valence-corrected chi connectivity index (χ3v) is 5.59. The number of rotatable bonds is 5. The summed E-state index contributed by atoms with van der Waals surface area (Å²) < 4.78 is 11.6. The lowest BCUT2D eigenvalue weighted by Gasteiger charge is -2.38. The van der Waals surface area contributed by atoms with Crippen molar-refractivity contribution in [2.75, 3.05) is 37.7 Å². The predicted octanol–water partition coefficient (Wildman–Crippen LogP) is 2.79. The van der Waals surface area contributed by atoms with E-state index in [9.17, 15) is 4.79 Å². The van der Waals surface area contributed by atoms with E-state index in [4.69, 9.17) is 9.47 Å². The number of carbonyl (C=O) groups excluding carboxylic acids is 1. The summed E-state index contributed by atoms with van der Waals surface area (Å²) in [7, 11) is 0. The summed E-state index contributed by atoms with van der Waals surface area (Å²) in [6, 6.07) is 11.8. The van der Waals surface area contributed by atoms with E-state index in [1.54, 1.807) is 0 Å². The zero-order chi connectivity index (χ0) is 20.3. The molecule has 1 aromatic heterocycles. The molecule has 7 nitrogen and oxygen atoms in total. The number of aryl methyl sites for hydroxylation is 1. The van der Waals surface area contributed by atoms with Crippen LogP contribution in [0.4, 0.5) is 5.82 Å². The minimum Gasteiger partial charge on any atom is -0.356 e. The van der Waals surface area contributed by atoms with Crippen LogP contribution >= 0.6 is 0 Å². The van der Waals surface area contributed by atoms with Crippen LogP contribution in [0, 0.1) is 6.92 Å². The van der Waals surface area contributed by atoms with Crippen LogP contribution in [0.25, 0.3) is 0 Å². The Morgan fingerprint density at radius 3 is 2.48 bits per heavy atom. The Labute approximate surface area is 171 Å². The number of hydrogen-bond donors (Lipinski definition) is 0. The molecule has 1 aromatic carbocycles. The first kappa shape index (κ1) is 19.8. The number of piperidine rings is 1. The molecule has 2 saturated heterocycles. The summed E-state index contributed by atoms with van der Waals surface area (Å²) in [5.74, 6) is 0.908. The second-order valence-corrected chi connectivity index (χ2v) is 7.56. The molecule has 0 unspecified atom stereocenters. The van der Waals surface area contributed by atoms with Crippen molar-refractivity contribution < 1.29 is 14.3 Å². The molecule has 0 radical (unpaired) electrons. The van der Waals surface area contributed by atoms with Crippen molar-refractivity contribution in [3.63, 3.8) is 0 Å². The van der Waals surface area contributed by atoms with Gasteiger partial charge in [0.05, 0.1) is 13.2 Å². The molecular formula is C22H28N4O3. The lowest BCUT2D eigenvalue weighted by atomic mass is 10.0. The normalized spacial score (nSPS) is 18.2. The van der Waals surface area contributed by atoms with Gasteiger partial charge in [-0.25, -0.2) is 9.97 Å². The maximum absolute atomic E-state index is 13.1. The van der Waals surface area contributed by atoms with Crippen molar-refractivity contribution in [1.29, 1.82) is 0 Å². The summed E-state index contributed by atoms with van der Waals surface area (Å²) in [6.45, 7) is 7.91. The van der Waals surface area contributed by atoms with E-state index in [1.807, 2.05) is 55.1 Å². The Balaban J connectivity index is 1.49. The van der Waals surface area contributed by atoms with E-state index in [-0.39, 0.29) is 5.91 Å². The largest absolute Gasteiger partial charge is 0.356 e. The number of benzene rings is 1. The molecule has 1 amide bonds. The van der Waals surface area contributed by atoms with Gasteiger partial charge in [-0.2, -0.15) is 0 Å². The van der Waals surface area contributed by atoms with Crippen LogP contribution in [-0.2, 0) is 16.0 Å². The second kappa shape index (κ2) is 8.47. The van der Waals surface area contributed by atoms with Gasteiger partial charge in [0.15, 0.2) is 5.79 Å². The zero-order valence-electron chi connectivity index (χ0n) is 17.1. The smallest absolute Gasteiger partial charge is 0.272 e. The highest BCUT2D eigenvalue weighted by Gasteiger charge is 2.40. The summed E-state index contributed by atoms with van der Waals surface area (Å²) in [6.07, 6.45) is 1.60. The summed E-state index contributed by atoms with van der Waals surface area (Å²) in [5.41, 5.74) is 1.55. The van der Waals surface area contributed by atoms with E-state index in [0.29, 0.717) is 37.8 Å². The van der Waals surface area contributed by atoms with E-state index < -0.39 is 5.79 Å². The second-order valence-electron chi connectivity index (χ2n) is 7.56. The zero-order valence-corrected chi connectivity index (χ0v) is 17.1. The Morgan fingerprint density at radius 2 is 1.83 bits per heavy atom. The van der Waals surface area contributed by atoms with Crippen LogP contribution < -0.4 is 4.90 Å². The predicted molar refractivity (Wildman–Crippen MR) is 110 cm³/mol. The maximum atomic E-state index is 13.1. The fourth-order valence-corrected chi connectivity index (χ4v) is 3.98. The maximum Gasteiger partial charge on any atom is 0.272 e. The van der Waals surface area contributed by atoms with Crippen molar-refractivity contribution in [3.8, 4) is 0 Å². The minimum atomic E-state index is -0.425. The number of nitrogens with zero attached hydrogens (tertiary/aromatic N) is 4. The summed E-state index contributed by atoms with van der Waals surface area (Å²) >= 11 is 0. The fourth-order valence-electron chi connectivity index (χ4n) is 3.98. The Bertz CT molecular complexity index is 842. The minimum absolute atomic E-state index is 0.0703. The average molecular weight is 396 g/mol. The highest BCUT2D eigenvalue weighted by atomic mass is 16.7. The number of hydrogen-bond acceptors (Lipinski definition) is 6. The molecule has 1 spiro atoms. The van der Waals surface area contributed by atoms with Crippen LogP contribution in [0.3, 0.4) is 0 Å². The molecule has 0 bridgehead atoms. The van der Waals surface area contributed by atoms with Gasteiger partial charge in [-0.05, 0) is 19.4 Å². The van der Waals surface area contributed by atoms with E-state index in [2.05, 4.69) is 14.9 Å². The first-order valence-corrected chi connectivity index (χ1v) is 10.3. The van der Waals surface area contributed by atoms with Crippen molar-refractivity contribution in [2.45, 2.75) is 39.0 Å². The quantitative estimate of drug-likeness (QED) is 0.774. The van der Waals surface area contributed by atoms with Gasteiger partial charge in [0.2, 0.25) is 0 Å². The SMILES string of the molecule is CCN(Cc1ccccc1)C(=O)c1cc(N2CCC3(CC2)OCCO3)nc(C)n1. The molecule has 7 heteroatoms. The lowest BCUT2D eigenvalue weighted by Crippen LogP contribution is -2.45. The van der Waals surface area contributed by atoms with Gasteiger partial charge in [0, 0.05) is 45.1 Å². The average Bonchev–Trinajstić information content (AvgIpc) is 3.20. The van der Waals surface area contributed by atoms with Crippen LogP contribution in [0.1, 0.15) is 41.6 Å². The lowest BCUT2D eigenvalue weighted by molar-refractivity contribution is -0.169. The molecule has 154 valence electrons. The number of carbonyl (C=O) groups is 1. The van der Waals surface area contributed by atoms with Gasteiger partial charge in [-0.15, -0.1) is 0 Å². The number of aromatic nitrogens is 2. The number of amides is 1. The van der Waals surface area contributed by atoms with E-state index >= 15 is 0 Å². The molecule has 2 aliphatic rings. The molecule has 0 N–H and O–H groups in total. The first-order chi connectivity index (χ1) is 14.1. The van der Waals surface area contributed by atoms with Crippen LogP contribution in [0.2, 0.25) is 0 Å². The molecule has 4 rings (SSSR count). The Hall–Kier alpha value is -2.51. The molecule has 0 saturated carbocycles. The van der Waals surface area contributed by atoms with Gasteiger partial charge < -0.3 is 19.3 Å². The highest BCUT2D eigenvalue weighted by Crippen LogP contribution is 2.32. The van der Waals surface area contributed by atoms with Crippen LogP contribution in [-0.4, -0.2) is 59.4 Å². The third-order valence-electron chi connectivity index (χ3n) is 5.59. The van der Waals surface area contributed by atoms with Crippen LogP contribution in [0.5, 0.6) is 0 Å². The highest BCUT2D eigenvalue weighted by molar-refractivity contribution is 5.93. The molecule has 29 heavy (non-hydrogen) atoms. The van der Waals surface area contributed by atoms with Gasteiger partial charge in [0.1, 0.15) is 17.3 Å². The summed E-state index contributed by atoms with van der Waals surface area (Å²) in [4.78, 5) is 26.2. The molecule has 0 atom stereocenters. The molecule has 3 heterocycles. The monoisotopic (exact) mass is 396 g/mol. The van der Waals surface area contributed by atoms with E-state index in [1.165, 1.54) is 0 Å². The third kappa shape index (κ3) is 4.41. The van der Waals surface area contributed by atoms with Crippen molar-refractivity contribution in [3.05, 3.63) is 53.5 Å². The first-order valence-electron chi connectivity index (χ1n) is 10.3. The summed E-state index contributed by atoms with van der Waals surface area (Å²) in [5, 5.41) is 0. The van der Waals surface area contributed by atoms with Gasteiger partial charge >= 0.3 is 0 Å². The van der Waals surface area contributed by atoms with Crippen LogP contribution in [0.15, 0.2) is 36.4 Å². The molecular weight excluding hydrogens is 368 g/mol. The molecule has 2 fully saturated rings. The van der Waals surface area contributed by atoms with Gasteiger partial charge in [0.25, 0.3) is 5.91 Å². The number of ether oxygens (including phenoxy) is 2. The molecule has 2 aromatic rings. The van der Waals surface area contributed by atoms with Crippen molar-refractivity contribution in [2.24, 2.45) is 0 Å². The van der Waals surface area contributed by atoms with Crippen molar-refractivity contribution in [1.82, 2.24) is 14.9 Å². The van der Waals surface area contributed by atoms with Crippen molar-refractivity contribution >= 4 is 11.7 Å². The van der Waals surface area contributed by atoms with Gasteiger partial charge in [-0.1, -0.05) is 30.3 Å². The molecule has 2 aliphatic heterocycles. The topological polar surface area (TPSA) is 67.8 Å². The standard InChI is InChI=1S/C22H28N4O3/c1-3-25(16-18-7-5-4-6-8-18)21(27)19-15-20(24-17(2)23-19)26-11-9-22(10-12-26)28-13-14-29-22/h4-8,15H,3,9-14,16H2,1-2H3.